The van der Waals surface area contributed by atoms with Crippen molar-refractivity contribution in [2.45, 2.75) is 66.3 Å². The van der Waals surface area contributed by atoms with Crippen LogP contribution in [-0.4, -0.2) is 6.54 Å². The molecule has 0 bridgehead atoms. The summed E-state index contributed by atoms with van der Waals surface area (Å²) in [6.45, 7) is 12.5. The van der Waals surface area contributed by atoms with Gasteiger partial charge in [-0.25, -0.2) is 0 Å². The highest BCUT2D eigenvalue weighted by molar-refractivity contribution is 5.46. The van der Waals surface area contributed by atoms with Crippen molar-refractivity contribution in [1.82, 2.24) is 5.32 Å². The number of aryl methyl sites for hydroxylation is 2. The minimum absolute atomic E-state index is 0.576. The van der Waals surface area contributed by atoms with E-state index in [-0.39, 0.29) is 0 Å². The molecule has 0 aromatic heterocycles. The van der Waals surface area contributed by atoms with Gasteiger partial charge >= 0.3 is 0 Å². The van der Waals surface area contributed by atoms with Gasteiger partial charge in [0.2, 0.25) is 0 Å². The van der Waals surface area contributed by atoms with Gasteiger partial charge in [0.15, 0.2) is 0 Å². The summed E-state index contributed by atoms with van der Waals surface area (Å²) in [4.78, 5) is 0. The first-order valence-corrected chi connectivity index (χ1v) is 7.87. The van der Waals surface area contributed by atoms with Gasteiger partial charge in [-0.2, -0.15) is 0 Å². The van der Waals surface area contributed by atoms with E-state index >= 15 is 0 Å². The van der Waals surface area contributed by atoms with E-state index in [1.165, 1.54) is 47.9 Å². The molecule has 19 heavy (non-hydrogen) atoms. The Morgan fingerprint density at radius 1 is 1.11 bits per heavy atom. The highest BCUT2D eigenvalue weighted by Gasteiger charge is 2.30. The fourth-order valence-corrected chi connectivity index (χ4v) is 3.29. The molecule has 1 aliphatic carbocycles. The standard InChI is InChI=1S/C18H29N/c1-6-10-19-18(16-8-7-9-16)17-14(4)12(2)11-13(3)15(17)5/h11,16,18-19H,6-10H2,1-5H3. The summed E-state index contributed by atoms with van der Waals surface area (Å²) in [5, 5.41) is 3.82. The second-order valence-corrected chi connectivity index (χ2v) is 6.30. The molecular formula is C18H29N. The van der Waals surface area contributed by atoms with E-state index in [1.54, 1.807) is 5.56 Å². The summed E-state index contributed by atoms with van der Waals surface area (Å²) >= 11 is 0. The third-order valence-electron chi connectivity index (χ3n) is 4.97. The molecule has 1 aromatic rings. The molecule has 1 fully saturated rings. The van der Waals surface area contributed by atoms with Crippen LogP contribution in [0.15, 0.2) is 6.07 Å². The third-order valence-corrected chi connectivity index (χ3v) is 4.97. The number of hydrogen-bond donors (Lipinski definition) is 1. The van der Waals surface area contributed by atoms with Crippen LogP contribution < -0.4 is 5.32 Å². The van der Waals surface area contributed by atoms with Gasteiger partial charge in [0.05, 0.1) is 0 Å². The van der Waals surface area contributed by atoms with E-state index < -0.39 is 0 Å². The Morgan fingerprint density at radius 3 is 2.11 bits per heavy atom. The summed E-state index contributed by atoms with van der Waals surface area (Å²) < 4.78 is 0. The zero-order valence-electron chi connectivity index (χ0n) is 13.3. The Morgan fingerprint density at radius 2 is 1.68 bits per heavy atom. The van der Waals surface area contributed by atoms with Gasteiger partial charge in [-0.1, -0.05) is 19.4 Å². The maximum Gasteiger partial charge on any atom is 0.0354 e. The molecule has 106 valence electrons. The lowest BCUT2D eigenvalue weighted by Crippen LogP contribution is -2.34. The molecule has 1 atom stereocenters. The van der Waals surface area contributed by atoms with Gasteiger partial charge in [0.1, 0.15) is 0 Å². The zero-order chi connectivity index (χ0) is 14.0. The first-order chi connectivity index (χ1) is 9.06. The third kappa shape index (κ3) is 2.86. The van der Waals surface area contributed by atoms with Crippen molar-refractivity contribution in [3.05, 3.63) is 33.9 Å². The molecule has 1 saturated carbocycles. The summed E-state index contributed by atoms with van der Waals surface area (Å²) in [5.74, 6) is 0.852. The first kappa shape index (κ1) is 14.6. The molecular weight excluding hydrogens is 230 g/mol. The maximum absolute atomic E-state index is 3.82. The van der Waals surface area contributed by atoms with E-state index in [9.17, 15) is 0 Å². The normalized spacial score (nSPS) is 17.3. The Hall–Kier alpha value is -0.820. The van der Waals surface area contributed by atoms with Crippen molar-refractivity contribution >= 4 is 0 Å². The quantitative estimate of drug-likeness (QED) is 0.804. The van der Waals surface area contributed by atoms with Crippen LogP contribution in [0.5, 0.6) is 0 Å². The molecule has 0 saturated heterocycles. The average molecular weight is 259 g/mol. The fraction of sp³-hybridized carbons (Fsp3) is 0.667. The van der Waals surface area contributed by atoms with E-state index in [4.69, 9.17) is 0 Å². The van der Waals surface area contributed by atoms with E-state index in [2.05, 4.69) is 46.0 Å². The van der Waals surface area contributed by atoms with Crippen molar-refractivity contribution < 1.29 is 0 Å². The lowest BCUT2D eigenvalue weighted by molar-refractivity contribution is 0.230. The van der Waals surface area contributed by atoms with Gasteiger partial charge in [-0.15, -0.1) is 0 Å². The van der Waals surface area contributed by atoms with Crippen molar-refractivity contribution in [2.75, 3.05) is 6.54 Å². The minimum Gasteiger partial charge on any atom is -0.310 e. The SMILES string of the molecule is CCCNC(c1c(C)c(C)cc(C)c1C)C1CCC1. The van der Waals surface area contributed by atoms with Crippen molar-refractivity contribution in [2.24, 2.45) is 5.92 Å². The van der Waals surface area contributed by atoms with Crippen LogP contribution in [0.1, 0.15) is 66.5 Å². The Labute approximate surface area is 118 Å². The number of benzene rings is 1. The summed E-state index contributed by atoms with van der Waals surface area (Å²) in [7, 11) is 0. The van der Waals surface area contributed by atoms with Gasteiger partial charge in [-0.05, 0) is 87.2 Å². The summed E-state index contributed by atoms with van der Waals surface area (Å²) in [6, 6.07) is 2.92. The predicted molar refractivity (Wildman–Crippen MR) is 83.8 cm³/mol. The molecule has 0 radical (unpaired) electrons. The van der Waals surface area contributed by atoms with Crippen LogP contribution in [0.25, 0.3) is 0 Å². The Kier molecular flexibility index (Phi) is 4.67. The number of rotatable bonds is 5. The largest absolute Gasteiger partial charge is 0.310 e. The molecule has 0 amide bonds. The summed E-state index contributed by atoms with van der Waals surface area (Å²) in [6.07, 6.45) is 5.42. The van der Waals surface area contributed by atoms with Crippen LogP contribution in [0.2, 0.25) is 0 Å². The lowest BCUT2D eigenvalue weighted by Gasteiger charge is -2.37. The fourth-order valence-electron chi connectivity index (χ4n) is 3.29. The molecule has 1 aromatic carbocycles. The molecule has 1 aliphatic rings. The number of nitrogens with one attached hydrogen (secondary N) is 1. The van der Waals surface area contributed by atoms with E-state index in [0.29, 0.717) is 6.04 Å². The van der Waals surface area contributed by atoms with Crippen LogP contribution in [0, 0.1) is 33.6 Å². The molecule has 2 rings (SSSR count). The maximum atomic E-state index is 3.82. The van der Waals surface area contributed by atoms with Crippen molar-refractivity contribution in [3.63, 3.8) is 0 Å². The Balaban J connectivity index is 2.39. The topological polar surface area (TPSA) is 12.0 Å². The van der Waals surface area contributed by atoms with Crippen LogP contribution in [0.3, 0.4) is 0 Å². The average Bonchev–Trinajstić information content (AvgIpc) is 2.31. The van der Waals surface area contributed by atoms with Gasteiger partial charge in [0, 0.05) is 6.04 Å². The minimum atomic E-state index is 0.576. The smallest absolute Gasteiger partial charge is 0.0354 e. The van der Waals surface area contributed by atoms with Crippen molar-refractivity contribution in [3.8, 4) is 0 Å². The first-order valence-electron chi connectivity index (χ1n) is 7.87. The number of hydrogen-bond acceptors (Lipinski definition) is 1. The molecule has 1 unspecified atom stereocenters. The second-order valence-electron chi connectivity index (χ2n) is 6.30. The molecule has 0 spiro atoms. The van der Waals surface area contributed by atoms with E-state index in [1.807, 2.05) is 0 Å². The van der Waals surface area contributed by atoms with Crippen LogP contribution in [-0.2, 0) is 0 Å². The zero-order valence-corrected chi connectivity index (χ0v) is 13.3. The van der Waals surface area contributed by atoms with E-state index in [0.717, 1.165) is 12.5 Å². The highest BCUT2D eigenvalue weighted by Crippen LogP contribution is 2.41. The van der Waals surface area contributed by atoms with Crippen molar-refractivity contribution in [1.29, 1.82) is 0 Å². The predicted octanol–water partition coefficient (Wildman–Crippen LogP) is 4.76. The molecule has 0 heterocycles. The summed E-state index contributed by atoms with van der Waals surface area (Å²) in [5.41, 5.74) is 7.49. The molecule has 1 nitrogen and oxygen atoms in total. The monoisotopic (exact) mass is 259 g/mol. The van der Waals surface area contributed by atoms with Gasteiger partial charge < -0.3 is 5.32 Å². The molecule has 0 aliphatic heterocycles. The lowest BCUT2D eigenvalue weighted by atomic mass is 9.74. The van der Waals surface area contributed by atoms with Crippen LogP contribution in [0.4, 0.5) is 0 Å². The van der Waals surface area contributed by atoms with Crippen LogP contribution >= 0.6 is 0 Å². The van der Waals surface area contributed by atoms with Gasteiger partial charge in [0.25, 0.3) is 0 Å². The Bertz CT molecular complexity index is 417. The molecule has 1 N–H and O–H groups in total. The molecule has 1 heteroatoms. The second kappa shape index (κ2) is 6.09. The van der Waals surface area contributed by atoms with Gasteiger partial charge in [-0.3, -0.25) is 0 Å². The highest BCUT2D eigenvalue weighted by atomic mass is 14.9.